The van der Waals surface area contributed by atoms with Crippen LogP contribution < -0.4 is 0 Å². The summed E-state index contributed by atoms with van der Waals surface area (Å²) in [4.78, 5) is 0. The molecule has 0 aliphatic heterocycles. The fourth-order valence-corrected chi connectivity index (χ4v) is 1.83. The second kappa shape index (κ2) is 12.0. The number of rotatable bonds is 11. The lowest BCUT2D eigenvalue weighted by Crippen LogP contribution is -2.08. The molecule has 1 atom stereocenters. The van der Waals surface area contributed by atoms with Gasteiger partial charge in [-0.2, -0.15) is 0 Å². The van der Waals surface area contributed by atoms with Gasteiger partial charge in [0.25, 0.3) is 0 Å². The third-order valence-corrected chi connectivity index (χ3v) is 2.85. The molecule has 0 amide bonds. The molecule has 1 nitrogen and oxygen atoms in total. The summed E-state index contributed by atoms with van der Waals surface area (Å²) in [5.74, 6) is 0. The SMILES string of the molecule is CCCCCCCCCOC(C)CCC. The zero-order chi connectivity index (χ0) is 11.4. The summed E-state index contributed by atoms with van der Waals surface area (Å²) in [6.07, 6.45) is 12.5. The molecule has 1 unspecified atom stereocenters. The lowest BCUT2D eigenvalue weighted by Gasteiger charge is -2.11. The van der Waals surface area contributed by atoms with E-state index in [2.05, 4.69) is 20.8 Å². The highest BCUT2D eigenvalue weighted by atomic mass is 16.5. The van der Waals surface area contributed by atoms with Crippen molar-refractivity contribution in [3.8, 4) is 0 Å². The lowest BCUT2D eigenvalue weighted by molar-refractivity contribution is 0.0570. The summed E-state index contributed by atoms with van der Waals surface area (Å²) >= 11 is 0. The number of unbranched alkanes of at least 4 members (excludes halogenated alkanes) is 6. The first-order chi connectivity index (χ1) is 7.31. The van der Waals surface area contributed by atoms with Crippen molar-refractivity contribution in [1.82, 2.24) is 0 Å². The van der Waals surface area contributed by atoms with Crippen LogP contribution in [0.15, 0.2) is 0 Å². The van der Waals surface area contributed by atoms with Gasteiger partial charge in [0.05, 0.1) is 6.10 Å². The minimum absolute atomic E-state index is 0.468. The lowest BCUT2D eigenvalue weighted by atomic mass is 10.1. The Labute approximate surface area is 96.6 Å². The fraction of sp³-hybridized carbons (Fsp3) is 1.00. The van der Waals surface area contributed by atoms with Crippen LogP contribution in [0.5, 0.6) is 0 Å². The van der Waals surface area contributed by atoms with Gasteiger partial charge in [-0.15, -0.1) is 0 Å². The topological polar surface area (TPSA) is 9.23 Å². The van der Waals surface area contributed by atoms with Crippen LogP contribution in [0.25, 0.3) is 0 Å². The maximum absolute atomic E-state index is 5.71. The second-order valence-corrected chi connectivity index (χ2v) is 4.59. The van der Waals surface area contributed by atoms with Gasteiger partial charge in [-0.3, -0.25) is 0 Å². The summed E-state index contributed by atoms with van der Waals surface area (Å²) in [5.41, 5.74) is 0. The normalized spacial score (nSPS) is 13.0. The number of hydrogen-bond acceptors (Lipinski definition) is 1. The molecule has 0 fully saturated rings. The summed E-state index contributed by atoms with van der Waals surface area (Å²) < 4.78 is 5.71. The van der Waals surface area contributed by atoms with Crippen molar-refractivity contribution in [3.63, 3.8) is 0 Å². The van der Waals surface area contributed by atoms with Gasteiger partial charge in [-0.05, 0) is 19.8 Å². The van der Waals surface area contributed by atoms with Gasteiger partial charge < -0.3 is 4.74 Å². The predicted octanol–water partition coefficient (Wildman–Crippen LogP) is 4.94. The minimum atomic E-state index is 0.468. The largest absolute Gasteiger partial charge is 0.379 e. The van der Waals surface area contributed by atoms with Gasteiger partial charge in [0.2, 0.25) is 0 Å². The van der Waals surface area contributed by atoms with Gasteiger partial charge in [0, 0.05) is 6.61 Å². The maximum atomic E-state index is 5.71. The Balaban J connectivity index is 2.98. The molecule has 15 heavy (non-hydrogen) atoms. The summed E-state index contributed by atoms with van der Waals surface area (Å²) in [5, 5.41) is 0. The van der Waals surface area contributed by atoms with Crippen LogP contribution in [0.2, 0.25) is 0 Å². The zero-order valence-electron chi connectivity index (χ0n) is 11.1. The monoisotopic (exact) mass is 214 g/mol. The molecule has 0 aromatic heterocycles. The third-order valence-electron chi connectivity index (χ3n) is 2.85. The number of hydrogen-bond donors (Lipinski definition) is 0. The van der Waals surface area contributed by atoms with Gasteiger partial charge in [0.1, 0.15) is 0 Å². The summed E-state index contributed by atoms with van der Waals surface area (Å²) in [6, 6.07) is 0. The van der Waals surface area contributed by atoms with Crippen LogP contribution in [-0.4, -0.2) is 12.7 Å². The van der Waals surface area contributed by atoms with Crippen molar-refractivity contribution in [2.75, 3.05) is 6.61 Å². The molecular formula is C14H30O. The molecule has 0 saturated carbocycles. The van der Waals surface area contributed by atoms with Crippen LogP contribution in [0.1, 0.15) is 78.6 Å². The van der Waals surface area contributed by atoms with Gasteiger partial charge in [0.15, 0.2) is 0 Å². The predicted molar refractivity (Wildman–Crippen MR) is 68.3 cm³/mol. The Bertz CT molecular complexity index is 112. The molecule has 0 saturated heterocycles. The van der Waals surface area contributed by atoms with Crippen LogP contribution in [0, 0.1) is 0 Å². The van der Waals surface area contributed by atoms with E-state index in [0.29, 0.717) is 6.10 Å². The van der Waals surface area contributed by atoms with Gasteiger partial charge >= 0.3 is 0 Å². The second-order valence-electron chi connectivity index (χ2n) is 4.59. The van der Waals surface area contributed by atoms with E-state index in [-0.39, 0.29) is 0 Å². The Morgan fingerprint density at radius 2 is 1.40 bits per heavy atom. The first-order valence-electron chi connectivity index (χ1n) is 6.92. The molecule has 0 heterocycles. The van der Waals surface area contributed by atoms with Crippen molar-refractivity contribution in [2.45, 2.75) is 84.7 Å². The molecule has 0 bridgehead atoms. The van der Waals surface area contributed by atoms with Crippen molar-refractivity contribution in [2.24, 2.45) is 0 Å². The van der Waals surface area contributed by atoms with Crippen molar-refractivity contribution in [3.05, 3.63) is 0 Å². The van der Waals surface area contributed by atoms with Crippen molar-refractivity contribution in [1.29, 1.82) is 0 Å². The average molecular weight is 214 g/mol. The third kappa shape index (κ3) is 11.9. The molecule has 0 aliphatic carbocycles. The molecule has 92 valence electrons. The standard InChI is InChI=1S/C14H30O/c1-4-6-7-8-9-10-11-13-15-14(3)12-5-2/h14H,4-13H2,1-3H3. The van der Waals surface area contributed by atoms with Crippen LogP contribution in [-0.2, 0) is 4.74 Å². The smallest absolute Gasteiger partial charge is 0.0546 e. The van der Waals surface area contributed by atoms with E-state index in [9.17, 15) is 0 Å². The van der Waals surface area contributed by atoms with E-state index < -0.39 is 0 Å². The quantitative estimate of drug-likeness (QED) is 0.442. The van der Waals surface area contributed by atoms with Crippen molar-refractivity contribution >= 4 is 0 Å². The van der Waals surface area contributed by atoms with E-state index in [0.717, 1.165) is 6.61 Å². The molecule has 1 heteroatoms. The van der Waals surface area contributed by atoms with Gasteiger partial charge in [-0.25, -0.2) is 0 Å². The summed E-state index contributed by atoms with van der Waals surface area (Å²) in [7, 11) is 0. The van der Waals surface area contributed by atoms with E-state index in [1.807, 2.05) is 0 Å². The Kier molecular flexibility index (Phi) is 12.0. The number of ether oxygens (including phenoxy) is 1. The molecule has 0 radical (unpaired) electrons. The first kappa shape index (κ1) is 15.0. The molecule has 0 N–H and O–H groups in total. The molecule has 0 aromatic rings. The molecule has 0 aliphatic rings. The Hall–Kier alpha value is -0.0400. The minimum Gasteiger partial charge on any atom is -0.379 e. The first-order valence-corrected chi connectivity index (χ1v) is 6.92. The van der Waals surface area contributed by atoms with E-state index in [4.69, 9.17) is 4.74 Å². The maximum Gasteiger partial charge on any atom is 0.0546 e. The van der Waals surface area contributed by atoms with E-state index in [1.165, 1.54) is 57.8 Å². The van der Waals surface area contributed by atoms with Crippen molar-refractivity contribution < 1.29 is 4.74 Å². The molecule has 0 aromatic carbocycles. The Morgan fingerprint density at radius 3 is 2.00 bits per heavy atom. The van der Waals surface area contributed by atoms with Crippen LogP contribution >= 0.6 is 0 Å². The fourth-order valence-electron chi connectivity index (χ4n) is 1.83. The van der Waals surface area contributed by atoms with Gasteiger partial charge in [-0.1, -0.05) is 58.8 Å². The van der Waals surface area contributed by atoms with Crippen LogP contribution in [0.3, 0.4) is 0 Å². The molecule has 0 spiro atoms. The highest BCUT2D eigenvalue weighted by Crippen LogP contribution is 2.08. The highest BCUT2D eigenvalue weighted by molar-refractivity contribution is 4.49. The highest BCUT2D eigenvalue weighted by Gasteiger charge is 1.99. The summed E-state index contributed by atoms with van der Waals surface area (Å²) in [6.45, 7) is 7.64. The van der Waals surface area contributed by atoms with E-state index in [1.54, 1.807) is 0 Å². The molecular weight excluding hydrogens is 184 g/mol. The Morgan fingerprint density at radius 1 is 0.800 bits per heavy atom. The van der Waals surface area contributed by atoms with Crippen LogP contribution in [0.4, 0.5) is 0 Å². The van der Waals surface area contributed by atoms with E-state index >= 15 is 0 Å². The average Bonchev–Trinajstić information content (AvgIpc) is 2.22. The molecule has 0 rings (SSSR count). The zero-order valence-corrected chi connectivity index (χ0v) is 11.1.